The third-order valence-corrected chi connectivity index (χ3v) is 1.56. The van der Waals surface area contributed by atoms with Crippen molar-refractivity contribution in [2.75, 3.05) is 0 Å². The van der Waals surface area contributed by atoms with Gasteiger partial charge < -0.3 is 0 Å². The Labute approximate surface area is 60.3 Å². The number of hydrogen-bond acceptors (Lipinski definition) is 5. The molecular weight excluding hydrogens is 150 g/mol. The molecule has 0 atom stereocenters. The first kappa shape index (κ1) is 5.48. The molecule has 0 spiro atoms. The van der Waals surface area contributed by atoms with Crippen LogP contribution in [0, 0.1) is 6.20 Å². The third kappa shape index (κ3) is 0.781. The maximum absolute atomic E-state index is 3.89. The van der Waals surface area contributed by atoms with Crippen molar-refractivity contribution < 1.29 is 0 Å². The zero-order valence-corrected chi connectivity index (χ0v) is 5.59. The van der Waals surface area contributed by atoms with E-state index >= 15 is 0 Å². The number of aromatic amines is 1. The minimum Gasteiger partial charge on any atom is -0.265 e. The van der Waals surface area contributed by atoms with E-state index in [0.717, 1.165) is 4.88 Å². The van der Waals surface area contributed by atoms with Gasteiger partial charge in [-0.1, -0.05) is 4.49 Å². The second kappa shape index (κ2) is 2.14. The molecule has 0 aliphatic heterocycles. The number of nitrogens with one attached hydrogen (secondary N) is 1. The van der Waals surface area contributed by atoms with Gasteiger partial charge in [0.1, 0.15) is 17.4 Å². The smallest absolute Gasteiger partial charge is 0.194 e. The van der Waals surface area contributed by atoms with Crippen LogP contribution in [0.2, 0.25) is 0 Å². The molecule has 0 saturated carbocycles. The van der Waals surface area contributed by atoms with E-state index in [-0.39, 0.29) is 0 Å². The summed E-state index contributed by atoms with van der Waals surface area (Å²) < 4.78 is 3.62. The molecule has 2 aromatic heterocycles. The van der Waals surface area contributed by atoms with Crippen molar-refractivity contribution in [2.24, 2.45) is 0 Å². The molecule has 2 aromatic rings. The van der Waals surface area contributed by atoms with Crippen molar-refractivity contribution in [2.45, 2.75) is 0 Å². The minimum atomic E-state index is 0.593. The quantitative estimate of drug-likeness (QED) is 0.630. The van der Waals surface area contributed by atoms with E-state index < -0.39 is 0 Å². The Hall–Kier alpha value is -1.30. The molecule has 2 heterocycles. The first-order valence-corrected chi connectivity index (χ1v) is 3.30. The van der Waals surface area contributed by atoms with Crippen LogP contribution >= 0.6 is 11.5 Å². The Morgan fingerprint density at radius 3 is 3.20 bits per heavy atom. The van der Waals surface area contributed by atoms with Crippen LogP contribution in [-0.2, 0) is 0 Å². The molecule has 5 nitrogen and oxygen atoms in total. The molecule has 49 valence electrons. The van der Waals surface area contributed by atoms with Gasteiger partial charge in [0.25, 0.3) is 0 Å². The third-order valence-electron chi connectivity index (χ3n) is 0.943. The highest BCUT2D eigenvalue weighted by molar-refractivity contribution is 7.09. The van der Waals surface area contributed by atoms with Gasteiger partial charge in [-0.25, -0.2) is 4.98 Å². The molecule has 0 saturated heterocycles. The van der Waals surface area contributed by atoms with Gasteiger partial charge in [-0.05, 0) is 11.5 Å². The molecule has 1 radical (unpaired) electrons. The standard InChI is InChI=1S/C4H2N5S/c1-3(10-9-6-1)4-5-2-7-8-4/h2H,(H,5,7,8). The molecule has 2 rings (SSSR count). The molecule has 0 bridgehead atoms. The van der Waals surface area contributed by atoms with Gasteiger partial charge in [0.05, 0.1) is 0 Å². The molecule has 0 aromatic carbocycles. The fraction of sp³-hybridized carbons (Fsp3) is 0. The number of nitrogens with zero attached hydrogens (tertiary/aromatic N) is 4. The van der Waals surface area contributed by atoms with Crippen LogP contribution in [0.1, 0.15) is 0 Å². The molecule has 0 aliphatic carbocycles. The van der Waals surface area contributed by atoms with Crippen LogP contribution in [0.4, 0.5) is 0 Å². The zero-order valence-electron chi connectivity index (χ0n) is 4.77. The van der Waals surface area contributed by atoms with Crippen molar-refractivity contribution >= 4 is 11.5 Å². The van der Waals surface area contributed by atoms with Gasteiger partial charge >= 0.3 is 0 Å². The molecule has 1 N–H and O–H groups in total. The fourth-order valence-corrected chi connectivity index (χ4v) is 0.982. The number of aromatic nitrogens is 5. The van der Waals surface area contributed by atoms with Crippen molar-refractivity contribution in [1.29, 1.82) is 0 Å². The Morgan fingerprint density at radius 1 is 1.60 bits per heavy atom. The normalized spacial score (nSPS) is 10.0. The zero-order chi connectivity index (χ0) is 6.81. The Bertz CT molecular complexity index is 253. The van der Waals surface area contributed by atoms with E-state index in [0.29, 0.717) is 5.82 Å². The lowest BCUT2D eigenvalue weighted by molar-refractivity contribution is 1.09. The average molecular weight is 152 g/mol. The second-order valence-corrected chi connectivity index (χ2v) is 2.29. The Morgan fingerprint density at radius 2 is 2.60 bits per heavy atom. The topological polar surface area (TPSA) is 67.3 Å². The van der Waals surface area contributed by atoms with Crippen molar-refractivity contribution in [1.82, 2.24) is 24.8 Å². The summed E-state index contributed by atoms with van der Waals surface area (Å²) in [6.45, 7) is 0. The van der Waals surface area contributed by atoms with E-state index in [1.165, 1.54) is 17.9 Å². The maximum Gasteiger partial charge on any atom is 0.194 e. The lowest BCUT2D eigenvalue weighted by Gasteiger charge is -1.77. The van der Waals surface area contributed by atoms with Crippen LogP contribution in [0.5, 0.6) is 0 Å². The van der Waals surface area contributed by atoms with E-state index in [2.05, 4.69) is 31.0 Å². The average Bonchev–Trinajstić information content (AvgIpc) is 2.59. The first-order valence-electron chi connectivity index (χ1n) is 2.53. The van der Waals surface area contributed by atoms with E-state index in [1.807, 2.05) is 0 Å². The van der Waals surface area contributed by atoms with E-state index in [4.69, 9.17) is 0 Å². The predicted molar refractivity (Wildman–Crippen MR) is 34.1 cm³/mol. The summed E-state index contributed by atoms with van der Waals surface area (Å²) in [4.78, 5) is 4.64. The van der Waals surface area contributed by atoms with E-state index in [9.17, 15) is 0 Å². The maximum atomic E-state index is 3.89. The van der Waals surface area contributed by atoms with Crippen molar-refractivity contribution in [3.05, 3.63) is 12.5 Å². The molecule has 0 unspecified atom stereocenters. The van der Waals surface area contributed by atoms with E-state index in [1.54, 1.807) is 0 Å². The highest BCUT2D eigenvalue weighted by atomic mass is 32.1. The monoisotopic (exact) mass is 152 g/mol. The van der Waals surface area contributed by atoms with Crippen LogP contribution in [0.25, 0.3) is 10.7 Å². The summed E-state index contributed by atoms with van der Waals surface area (Å²) in [6, 6.07) is 0. The van der Waals surface area contributed by atoms with Crippen LogP contribution in [-0.4, -0.2) is 24.8 Å². The number of rotatable bonds is 1. The molecule has 6 heteroatoms. The van der Waals surface area contributed by atoms with Gasteiger partial charge in [-0.3, -0.25) is 5.10 Å². The number of hydrogen-bond donors (Lipinski definition) is 1. The SMILES string of the molecule is [c]1nnsc1-c1nc[nH]n1. The van der Waals surface area contributed by atoms with Gasteiger partial charge in [-0.2, -0.15) is 5.10 Å². The van der Waals surface area contributed by atoms with Gasteiger partial charge in [0.15, 0.2) is 5.82 Å². The largest absolute Gasteiger partial charge is 0.265 e. The highest BCUT2D eigenvalue weighted by Crippen LogP contribution is 2.13. The summed E-state index contributed by atoms with van der Waals surface area (Å²) in [5.74, 6) is 0.593. The number of H-pyrrole nitrogens is 1. The summed E-state index contributed by atoms with van der Waals surface area (Å²) >= 11 is 1.22. The van der Waals surface area contributed by atoms with Crippen molar-refractivity contribution in [3.8, 4) is 10.7 Å². The first-order chi connectivity index (χ1) is 4.97. The summed E-state index contributed by atoms with van der Waals surface area (Å²) in [5, 5.41) is 9.94. The van der Waals surface area contributed by atoms with Gasteiger partial charge in [0, 0.05) is 0 Å². The summed E-state index contributed by atoms with van der Waals surface area (Å²) in [6.07, 6.45) is 4.15. The lowest BCUT2D eigenvalue weighted by atomic mass is 10.5. The second-order valence-electron chi connectivity index (χ2n) is 1.54. The van der Waals surface area contributed by atoms with Gasteiger partial charge in [0.2, 0.25) is 0 Å². The Balaban J connectivity index is 2.48. The Kier molecular flexibility index (Phi) is 1.17. The summed E-state index contributed by atoms with van der Waals surface area (Å²) in [5.41, 5.74) is 0. The van der Waals surface area contributed by atoms with Crippen LogP contribution < -0.4 is 0 Å². The van der Waals surface area contributed by atoms with Crippen LogP contribution in [0.15, 0.2) is 6.33 Å². The van der Waals surface area contributed by atoms with Crippen LogP contribution in [0.3, 0.4) is 0 Å². The van der Waals surface area contributed by atoms with Crippen molar-refractivity contribution in [3.63, 3.8) is 0 Å². The molecule has 0 fully saturated rings. The molecule has 0 amide bonds. The predicted octanol–water partition coefficient (Wildman–Crippen LogP) is 0.123. The summed E-state index contributed by atoms with van der Waals surface area (Å²) in [7, 11) is 0. The van der Waals surface area contributed by atoms with Gasteiger partial charge in [-0.15, -0.1) is 5.10 Å². The molecular formula is C4H2N5S. The molecule has 10 heavy (non-hydrogen) atoms. The fourth-order valence-electron chi connectivity index (χ4n) is 0.557. The molecule has 0 aliphatic rings. The highest BCUT2D eigenvalue weighted by Gasteiger charge is 2.02. The lowest BCUT2D eigenvalue weighted by Crippen LogP contribution is -1.73. The minimum absolute atomic E-state index is 0.593.